The van der Waals surface area contributed by atoms with Gasteiger partial charge in [0, 0.05) is 0 Å². The third-order valence-electron chi connectivity index (χ3n) is 3.58. The van der Waals surface area contributed by atoms with E-state index in [1.54, 1.807) is 0 Å². The molecule has 2 nitrogen and oxygen atoms in total. The average Bonchev–Trinajstić information content (AvgIpc) is 2.39. The van der Waals surface area contributed by atoms with E-state index >= 15 is 0 Å². The lowest BCUT2D eigenvalue weighted by atomic mass is 10.1. The highest BCUT2D eigenvalue weighted by molar-refractivity contribution is 4.59. The fourth-order valence-electron chi connectivity index (χ4n) is 2.34. The fourth-order valence-corrected chi connectivity index (χ4v) is 2.34. The maximum Gasteiger partial charge on any atom is -0.00183 e. The highest BCUT2D eigenvalue weighted by Crippen LogP contribution is 2.06. The van der Waals surface area contributed by atoms with E-state index in [4.69, 9.17) is 5.73 Å². The summed E-state index contributed by atoms with van der Waals surface area (Å²) in [5, 5.41) is 0. The zero-order chi connectivity index (χ0) is 13.5. The lowest BCUT2D eigenvalue weighted by molar-refractivity contribution is 0.256. The van der Waals surface area contributed by atoms with E-state index < -0.39 is 0 Å². The van der Waals surface area contributed by atoms with Crippen molar-refractivity contribution in [2.75, 3.05) is 26.2 Å². The van der Waals surface area contributed by atoms with E-state index in [1.165, 1.54) is 83.8 Å². The molecule has 0 heterocycles. The smallest absolute Gasteiger partial charge is 0.00183 e. The summed E-state index contributed by atoms with van der Waals surface area (Å²) in [6.45, 7) is 9.27. The molecule has 0 rings (SSSR count). The first-order valence-corrected chi connectivity index (χ1v) is 8.27. The molecule has 0 unspecified atom stereocenters. The number of rotatable bonds is 14. The summed E-state index contributed by atoms with van der Waals surface area (Å²) in [6.07, 6.45) is 13.5. The first kappa shape index (κ1) is 17.9. The maximum absolute atomic E-state index is 5.58. The van der Waals surface area contributed by atoms with Crippen LogP contribution in [0, 0.1) is 0 Å². The molecule has 2 N–H and O–H groups in total. The monoisotopic (exact) mass is 256 g/mol. The zero-order valence-electron chi connectivity index (χ0n) is 12.9. The molecule has 0 spiro atoms. The van der Waals surface area contributed by atoms with Crippen LogP contribution in [0.1, 0.15) is 78.1 Å². The van der Waals surface area contributed by atoms with Gasteiger partial charge in [-0.15, -0.1) is 0 Å². The van der Waals surface area contributed by atoms with Crippen molar-refractivity contribution in [2.24, 2.45) is 5.73 Å². The summed E-state index contributed by atoms with van der Waals surface area (Å²) in [6, 6.07) is 0. The minimum absolute atomic E-state index is 0.847. The lowest BCUT2D eigenvalue weighted by Gasteiger charge is -2.22. The molecule has 0 aromatic heterocycles. The molecular weight excluding hydrogens is 220 g/mol. The Morgan fingerprint density at radius 1 is 0.611 bits per heavy atom. The van der Waals surface area contributed by atoms with Gasteiger partial charge in [-0.3, -0.25) is 0 Å². The summed E-state index contributed by atoms with van der Waals surface area (Å²) >= 11 is 0. The molecule has 0 fully saturated rings. The van der Waals surface area contributed by atoms with E-state index in [1.807, 2.05) is 0 Å². The molecule has 0 aromatic rings. The highest BCUT2D eigenvalue weighted by atomic mass is 15.1. The van der Waals surface area contributed by atoms with Gasteiger partial charge in [0.1, 0.15) is 0 Å². The summed E-state index contributed by atoms with van der Waals surface area (Å²) < 4.78 is 0. The van der Waals surface area contributed by atoms with Gasteiger partial charge < -0.3 is 10.6 Å². The first-order chi connectivity index (χ1) is 8.85. The maximum atomic E-state index is 5.58. The molecule has 0 aliphatic carbocycles. The fraction of sp³-hybridized carbons (Fsp3) is 1.00. The van der Waals surface area contributed by atoms with Crippen LogP contribution in [0.3, 0.4) is 0 Å². The van der Waals surface area contributed by atoms with Crippen LogP contribution in [0.2, 0.25) is 0 Å². The van der Waals surface area contributed by atoms with Gasteiger partial charge in [0.05, 0.1) is 0 Å². The third kappa shape index (κ3) is 12.4. The Hall–Kier alpha value is -0.0800. The van der Waals surface area contributed by atoms with Gasteiger partial charge >= 0.3 is 0 Å². The molecule has 0 atom stereocenters. The van der Waals surface area contributed by atoms with Crippen LogP contribution < -0.4 is 5.73 Å². The van der Waals surface area contributed by atoms with Gasteiger partial charge in [-0.25, -0.2) is 0 Å². The first-order valence-electron chi connectivity index (χ1n) is 8.27. The Bertz CT molecular complexity index is 136. The van der Waals surface area contributed by atoms with Gasteiger partial charge in [0.2, 0.25) is 0 Å². The second-order valence-electron chi connectivity index (χ2n) is 5.46. The van der Waals surface area contributed by atoms with E-state index in [0.717, 1.165) is 6.54 Å². The van der Waals surface area contributed by atoms with Gasteiger partial charge in [-0.05, 0) is 51.9 Å². The quantitative estimate of drug-likeness (QED) is 0.472. The van der Waals surface area contributed by atoms with Crippen molar-refractivity contribution >= 4 is 0 Å². The van der Waals surface area contributed by atoms with Crippen LogP contribution in [0.15, 0.2) is 0 Å². The second kappa shape index (κ2) is 15.0. The SMILES string of the molecule is CCCCCCN(CCCCN)CCCCCC. The molecule has 0 aliphatic rings. The lowest BCUT2D eigenvalue weighted by Crippen LogP contribution is -2.27. The Labute approximate surface area is 115 Å². The van der Waals surface area contributed by atoms with Crippen LogP contribution in [0.4, 0.5) is 0 Å². The molecule has 110 valence electrons. The van der Waals surface area contributed by atoms with E-state index in [0.29, 0.717) is 0 Å². The Morgan fingerprint density at radius 3 is 1.44 bits per heavy atom. The summed E-state index contributed by atoms with van der Waals surface area (Å²) in [5.41, 5.74) is 5.58. The molecule has 0 saturated heterocycles. The summed E-state index contributed by atoms with van der Waals surface area (Å²) in [7, 11) is 0. The Balaban J connectivity index is 3.62. The van der Waals surface area contributed by atoms with Crippen LogP contribution in [0.25, 0.3) is 0 Å². The van der Waals surface area contributed by atoms with Crippen molar-refractivity contribution in [3.63, 3.8) is 0 Å². The molecule has 0 bridgehead atoms. The minimum atomic E-state index is 0.847. The van der Waals surface area contributed by atoms with Crippen LogP contribution in [0.5, 0.6) is 0 Å². The number of nitrogens with two attached hydrogens (primary N) is 1. The highest BCUT2D eigenvalue weighted by Gasteiger charge is 2.03. The van der Waals surface area contributed by atoms with Crippen molar-refractivity contribution < 1.29 is 0 Å². The van der Waals surface area contributed by atoms with Crippen molar-refractivity contribution in [1.82, 2.24) is 4.90 Å². The normalized spacial score (nSPS) is 11.3. The minimum Gasteiger partial charge on any atom is -0.330 e. The average molecular weight is 256 g/mol. The summed E-state index contributed by atoms with van der Waals surface area (Å²) in [5.74, 6) is 0. The molecule has 2 heteroatoms. The number of hydrogen-bond donors (Lipinski definition) is 1. The van der Waals surface area contributed by atoms with Crippen molar-refractivity contribution in [3.05, 3.63) is 0 Å². The predicted octanol–water partition coefficient (Wildman–Crippen LogP) is 4.19. The van der Waals surface area contributed by atoms with E-state index in [2.05, 4.69) is 18.7 Å². The van der Waals surface area contributed by atoms with Crippen LogP contribution >= 0.6 is 0 Å². The van der Waals surface area contributed by atoms with Crippen molar-refractivity contribution in [2.45, 2.75) is 78.1 Å². The van der Waals surface area contributed by atoms with Gasteiger partial charge in [0.25, 0.3) is 0 Å². The largest absolute Gasteiger partial charge is 0.330 e. The molecule has 0 saturated carbocycles. The topological polar surface area (TPSA) is 29.3 Å². The van der Waals surface area contributed by atoms with E-state index in [-0.39, 0.29) is 0 Å². The van der Waals surface area contributed by atoms with Crippen LogP contribution in [-0.2, 0) is 0 Å². The zero-order valence-corrected chi connectivity index (χ0v) is 12.9. The molecule has 0 amide bonds. The Morgan fingerprint density at radius 2 is 1.06 bits per heavy atom. The number of unbranched alkanes of at least 4 members (excludes halogenated alkanes) is 7. The van der Waals surface area contributed by atoms with Gasteiger partial charge in [-0.2, -0.15) is 0 Å². The molecule has 0 radical (unpaired) electrons. The van der Waals surface area contributed by atoms with Gasteiger partial charge in [-0.1, -0.05) is 52.4 Å². The number of hydrogen-bond acceptors (Lipinski definition) is 2. The Kier molecular flexibility index (Phi) is 14.9. The molecule has 0 aromatic carbocycles. The van der Waals surface area contributed by atoms with Crippen molar-refractivity contribution in [1.29, 1.82) is 0 Å². The van der Waals surface area contributed by atoms with Crippen LogP contribution in [-0.4, -0.2) is 31.1 Å². The predicted molar refractivity (Wildman–Crippen MR) is 83.0 cm³/mol. The second-order valence-corrected chi connectivity index (χ2v) is 5.46. The standard InChI is InChI=1S/C16H36N2/c1-3-5-7-10-14-18(16-12-9-13-17)15-11-8-6-4-2/h3-17H2,1-2H3. The molecule has 18 heavy (non-hydrogen) atoms. The summed E-state index contributed by atoms with van der Waals surface area (Å²) in [4.78, 5) is 2.67. The van der Waals surface area contributed by atoms with Crippen molar-refractivity contribution in [3.8, 4) is 0 Å². The molecule has 0 aliphatic heterocycles. The van der Waals surface area contributed by atoms with Gasteiger partial charge in [0.15, 0.2) is 0 Å². The third-order valence-corrected chi connectivity index (χ3v) is 3.58. The number of nitrogens with zero attached hydrogens (tertiary/aromatic N) is 1. The van der Waals surface area contributed by atoms with E-state index in [9.17, 15) is 0 Å². The molecular formula is C16H36N2.